The van der Waals surface area contributed by atoms with Crippen LogP contribution in [0, 0.1) is 0 Å². The van der Waals surface area contributed by atoms with Gasteiger partial charge in [-0.1, -0.05) is 29.8 Å². The SMILES string of the molecule is COc1cccc(OC)c1C(=O)NC(=S)Nc1cccc(NC(=O)c2cccc(Cl)c2)c1. The molecule has 0 aliphatic rings. The molecule has 32 heavy (non-hydrogen) atoms. The number of carbonyl (C=O) groups is 2. The topological polar surface area (TPSA) is 88.7 Å². The Hall–Kier alpha value is -3.62. The van der Waals surface area contributed by atoms with Crippen LogP contribution in [0.15, 0.2) is 66.7 Å². The number of methoxy groups -OCH3 is 2. The number of amides is 2. The molecular formula is C23H20ClN3O4S. The minimum atomic E-state index is -0.484. The Balaban J connectivity index is 1.67. The lowest BCUT2D eigenvalue weighted by atomic mass is 10.1. The van der Waals surface area contributed by atoms with Crippen molar-refractivity contribution in [1.29, 1.82) is 0 Å². The van der Waals surface area contributed by atoms with Gasteiger partial charge in [-0.15, -0.1) is 0 Å². The Morgan fingerprint density at radius 2 is 1.41 bits per heavy atom. The summed E-state index contributed by atoms with van der Waals surface area (Å²) in [6.07, 6.45) is 0. The van der Waals surface area contributed by atoms with Crippen molar-refractivity contribution in [3.8, 4) is 11.5 Å². The summed E-state index contributed by atoms with van der Waals surface area (Å²) in [5, 5.41) is 8.87. The Kier molecular flexibility index (Phi) is 7.64. The Morgan fingerprint density at radius 1 is 0.812 bits per heavy atom. The molecule has 0 fully saturated rings. The van der Waals surface area contributed by atoms with Gasteiger partial charge in [0.15, 0.2) is 5.11 Å². The Morgan fingerprint density at radius 3 is 2.03 bits per heavy atom. The second-order valence-electron chi connectivity index (χ2n) is 6.49. The fourth-order valence-corrected chi connectivity index (χ4v) is 3.31. The van der Waals surface area contributed by atoms with E-state index in [1.54, 1.807) is 66.7 Å². The van der Waals surface area contributed by atoms with E-state index in [1.807, 2.05) is 0 Å². The lowest BCUT2D eigenvalue weighted by Crippen LogP contribution is -2.34. The van der Waals surface area contributed by atoms with E-state index in [-0.39, 0.29) is 16.6 Å². The van der Waals surface area contributed by atoms with Crippen molar-refractivity contribution < 1.29 is 19.1 Å². The van der Waals surface area contributed by atoms with Gasteiger partial charge in [-0.05, 0) is 60.7 Å². The molecular weight excluding hydrogens is 450 g/mol. The third kappa shape index (κ3) is 5.75. The van der Waals surface area contributed by atoms with Crippen molar-refractivity contribution in [1.82, 2.24) is 5.32 Å². The number of rotatable bonds is 6. The van der Waals surface area contributed by atoms with Gasteiger partial charge in [0.05, 0.1) is 14.2 Å². The lowest BCUT2D eigenvalue weighted by molar-refractivity contribution is 0.0970. The molecule has 7 nitrogen and oxygen atoms in total. The molecule has 0 radical (unpaired) electrons. The predicted octanol–water partition coefficient (Wildman–Crippen LogP) is 4.74. The van der Waals surface area contributed by atoms with Crippen LogP contribution in [-0.4, -0.2) is 31.1 Å². The van der Waals surface area contributed by atoms with Gasteiger partial charge in [0.25, 0.3) is 11.8 Å². The van der Waals surface area contributed by atoms with Gasteiger partial charge in [0.2, 0.25) is 0 Å². The summed E-state index contributed by atoms with van der Waals surface area (Å²) in [5.41, 5.74) is 1.78. The largest absolute Gasteiger partial charge is 0.496 e. The van der Waals surface area contributed by atoms with Gasteiger partial charge in [0, 0.05) is 22.0 Å². The highest BCUT2D eigenvalue weighted by molar-refractivity contribution is 7.80. The molecule has 0 saturated carbocycles. The van der Waals surface area contributed by atoms with E-state index in [0.717, 1.165) is 0 Å². The fourth-order valence-electron chi connectivity index (χ4n) is 2.91. The monoisotopic (exact) mass is 469 g/mol. The molecule has 3 aromatic carbocycles. The molecule has 3 rings (SSSR count). The first-order chi connectivity index (χ1) is 15.4. The summed E-state index contributed by atoms with van der Waals surface area (Å²) < 4.78 is 10.5. The van der Waals surface area contributed by atoms with Crippen LogP contribution in [-0.2, 0) is 0 Å². The smallest absolute Gasteiger partial charge is 0.264 e. The zero-order valence-corrected chi connectivity index (χ0v) is 18.8. The summed E-state index contributed by atoms with van der Waals surface area (Å²) in [7, 11) is 2.93. The van der Waals surface area contributed by atoms with Crippen LogP contribution in [0.4, 0.5) is 11.4 Å². The quantitative estimate of drug-likeness (QED) is 0.452. The summed E-state index contributed by atoms with van der Waals surface area (Å²) in [6.45, 7) is 0. The van der Waals surface area contributed by atoms with E-state index < -0.39 is 5.91 Å². The van der Waals surface area contributed by atoms with E-state index in [4.69, 9.17) is 33.3 Å². The number of benzene rings is 3. The molecule has 0 aromatic heterocycles. The molecule has 0 heterocycles. The van der Waals surface area contributed by atoms with Crippen LogP contribution in [0.25, 0.3) is 0 Å². The molecule has 2 amide bonds. The zero-order chi connectivity index (χ0) is 23.1. The van der Waals surface area contributed by atoms with Crippen LogP contribution in [0.5, 0.6) is 11.5 Å². The first-order valence-electron chi connectivity index (χ1n) is 9.41. The average molecular weight is 470 g/mol. The fraction of sp³-hybridized carbons (Fsp3) is 0.0870. The molecule has 0 aliphatic heterocycles. The number of hydrogen-bond acceptors (Lipinski definition) is 5. The Bertz CT molecular complexity index is 1150. The minimum Gasteiger partial charge on any atom is -0.496 e. The second-order valence-corrected chi connectivity index (χ2v) is 7.34. The number of thiocarbonyl (C=S) groups is 1. The Labute approximate surface area is 195 Å². The maximum Gasteiger partial charge on any atom is 0.264 e. The van der Waals surface area contributed by atoms with Crippen LogP contribution >= 0.6 is 23.8 Å². The lowest BCUT2D eigenvalue weighted by Gasteiger charge is -2.14. The molecule has 0 bridgehead atoms. The third-order valence-corrected chi connectivity index (χ3v) is 4.79. The summed E-state index contributed by atoms with van der Waals surface area (Å²) in [4.78, 5) is 25.2. The van der Waals surface area contributed by atoms with E-state index in [2.05, 4.69) is 16.0 Å². The van der Waals surface area contributed by atoms with Crippen LogP contribution < -0.4 is 25.4 Å². The number of nitrogens with one attached hydrogen (secondary N) is 3. The molecule has 0 aliphatic carbocycles. The number of ether oxygens (including phenoxy) is 2. The van der Waals surface area contributed by atoms with Gasteiger partial charge in [0.1, 0.15) is 17.1 Å². The van der Waals surface area contributed by atoms with Crippen molar-refractivity contribution in [2.24, 2.45) is 0 Å². The van der Waals surface area contributed by atoms with Gasteiger partial charge in [-0.3, -0.25) is 14.9 Å². The molecule has 3 N–H and O–H groups in total. The van der Waals surface area contributed by atoms with Gasteiger partial charge in [-0.25, -0.2) is 0 Å². The molecule has 0 atom stereocenters. The predicted molar refractivity (Wildman–Crippen MR) is 129 cm³/mol. The minimum absolute atomic E-state index is 0.0706. The second kappa shape index (κ2) is 10.6. The van der Waals surface area contributed by atoms with Crippen molar-refractivity contribution in [3.05, 3.63) is 82.9 Å². The highest BCUT2D eigenvalue weighted by atomic mass is 35.5. The van der Waals surface area contributed by atoms with Crippen molar-refractivity contribution >= 4 is 52.1 Å². The molecule has 3 aromatic rings. The maximum absolute atomic E-state index is 12.7. The summed E-state index contributed by atoms with van der Waals surface area (Å²) in [6, 6.07) is 18.6. The van der Waals surface area contributed by atoms with Crippen molar-refractivity contribution in [2.75, 3.05) is 24.9 Å². The van der Waals surface area contributed by atoms with Crippen LogP contribution in [0.1, 0.15) is 20.7 Å². The maximum atomic E-state index is 12.7. The molecule has 164 valence electrons. The van der Waals surface area contributed by atoms with E-state index >= 15 is 0 Å². The number of hydrogen-bond donors (Lipinski definition) is 3. The zero-order valence-electron chi connectivity index (χ0n) is 17.3. The number of carbonyl (C=O) groups excluding carboxylic acids is 2. The van der Waals surface area contributed by atoms with Gasteiger partial charge < -0.3 is 20.1 Å². The normalized spacial score (nSPS) is 10.1. The third-order valence-electron chi connectivity index (χ3n) is 4.35. The number of anilines is 2. The average Bonchev–Trinajstić information content (AvgIpc) is 2.78. The summed E-state index contributed by atoms with van der Waals surface area (Å²) in [5.74, 6) is -0.0724. The molecule has 0 saturated heterocycles. The molecule has 0 spiro atoms. The van der Waals surface area contributed by atoms with Gasteiger partial charge >= 0.3 is 0 Å². The molecule has 0 unspecified atom stereocenters. The first-order valence-corrected chi connectivity index (χ1v) is 10.2. The molecule has 9 heteroatoms. The standard InChI is InChI=1S/C23H20ClN3O4S/c1-30-18-10-5-11-19(31-2)20(18)22(29)27-23(32)26-17-9-4-8-16(13-17)25-21(28)14-6-3-7-15(24)12-14/h3-13H,1-2H3,(H,25,28)(H2,26,27,29,32). The van der Waals surface area contributed by atoms with Crippen molar-refractivity contribution in [2.45, 2.75) is 0 Å². The van der Waals surface area contributed by atoms with E-state index in [0.29, 0.717) is 33.5 Å². The van der Waals surface area contributed by atoms with Gasteiger partial charge in [-0.2, -0.15) is 0 Å². The van der Waals surface area contributed by atoms with Crippen molar-refractivity contribution in [3.63, 3.8) is 0 Å². The first kappa shape index (κ1) is 23.1. The highest BCUT2D eigenvalue weighted by Gasteiger charge is 2.19. The summed E-state index contributed by atoms with van der Waals surface area (Å²) >= 11 is 11.2. The van der Waals surface area contributed by atoms with E-state index in [9.17, 15) is 9.59 Å². The highest BCUT2D eigenvalue weighted by Crippen LogP contribution is 2.28. The van der Waals surface area contributed by atoms with Crippen LogP contribution in [0.3, 0.4) is 0 Å². The number of halogens is 1. The van der Waals surface area contributed by atoms with Crippen LogP contribution in [0.2, 0.25) is 5.02 Å². The van der Waals surface area contributed by atoms with E-state index in [1.165, 1.54) is 14.2 Å².